The molecule has 1 saturated carbocycles. The maximum atomic E-state index is 14.7. The summed E-state index contributed by atoms with van der Waals surface area (Å²) in [7, 11) is 2.86. The van der Waals surface area contributed by atoms with Crippen molar-refractivity contribution in [1.82, 2.24) is 55.3 Å². The number of unbranched alkanes of at least 4 members (excludes halogenated alkanes) is 2. The molecule has 9 unspecified atom stereocenters. The second-order valence-electron chi connectivity index (χ2n) is 32.0. The Kier molecular flexibility index (Phi) is 39.9. The fourth-order valence-electron chi connectivity index (χ4n) is 15.7. The summed E-state index contributed by atoms with van der Waals surface area (Å²) < 4.78 is 72.5. The van der Waals surface area contributed by atoms with Crippen molar-refractivity contribution in [2.24, 2.45) is 29.4 Å². The fourth-order valence-corrected chi connectivity index (χ4v) is 15.7. The normalized spacial score (nSPS) is 25.7. The average Bonchev–Trinajstić information content (AvgIpc) is 1.60. The van der Waals surface area contributed by atoms with E-state index in [1.54, 1.807) is 67.6 Å². The number of ether oxygens (including phenoxy) is 11. The number of amides is 3. The highest BCUT2D eigenvalue weighted by Crippen LogP contribution is 2.37. The molecule has 2 saturated heterocycles. The molecular weight excluding hydrogens is 1580 g/mol. The zero-order chi connectivity index (χ0) is 87.5. The molecule has 5 aromatic rings. The number of cyclic esters (lactones) is 1. The standard InChI is InChI=1S/C86H128N14O22/c1-55-18-9-8-10-19-56(2)65(94-85(109)112-7)51-63-21-17-28-86(110,122-63)79(106)82(107)99-30-14-11-22-67(99)83(108)120-71(52-68(101)57(3)47-59(5)77(104)78(105)76(103)58(4)46-55)64(87)48-60-23-25-70(72(49-60)111-6)119-33-16-12-20-62-53-98(97-95-62)32-35-114-37-39-116-41-43-118-45-44-117-42-40-115-38-36-113-34-27-73(102)90-29-13-15-31-100-81-74(80(88)91-54-92-81)75(96-100)61-24-26-69-66(50-61)93-84(89)121-69/h8-10,18-19,24,26,47,50,53-55,57-58,60,63-65,67,70-72,77-78,104-105,110H,11-17,20-23,25,27-46,48-49,51-52,87H2,1-7H3,(H2,89,93)(H,90,102)(H,94,109)(H2,88,91,92)/b10-8?,18-9+,56-19?,59-47+/t55?,57?,58?,60?,63-,64+,65?,67?,70?,71?,72+,77?,78-,86+/m0/s1. The van der Waals surface area contributed by atoms with Gasteiger partial charge in [0.1, 0.15) is 53.5 Å². The van der Waals surface area contributed by atoms with Crippen molar-refractivity contribution in [1.29, 1.82) is 0 Å². The first-order valence-corrected chi connectivity index (χ1v) is 42.9. The van der Waals surface area contributed by atoms with Crippen molar-refractivity contribution in [3.05, 3.63) is 84.0 Å². The van der Waals surface area contributed by atoms with Crippen LogP contribution in [0.15, 0.2) is 82.7 Å². The number of nitrogens with zero attached hydrogens (tertiary/aromatic N) is 9. The van der Waals surface area contributed by atoms with Gasteiger partial charge in [0, 0.05) is 82.3 Å². The van der Waals surface area contributed by atoms with E-state index < -0.39 is 95.5 Å². The van der Waals surface area contributed by atoms with Crippen LogP contribution in [0.4, 0.5) is 16.6 Å². The number of piperidine rings is 1. The van der Waals surface area contributed by atoms with Gasteiger partial charge in [-0.2, -0.15) is 10.1 Å². The van der Waals surface area contributed by atoms with E-state index >= 15 is 0 Å². The number of hydrogen-bond donors (Lipinski definition) is 8. The molecule has 0 radical (unpaired) electrons. The van der Waals surface area contributed by atoms with Crippen LogP contribution < -0.4 is 27.8 Å². The van der Waals surface area contributed by atoms with Crippen LogP contribution >= 0.6 is 0 Å². The number of nitrogen functional groups attached to an aromatic ring is 2. The van der Waals surface area contributed by atoms with Gasteiger partial charge < -0.3 is 105 Å². The number of alkyl carbamates (subject to hydrolysis) is 1. The number of aromatic nitrogens is 8. The molecule has 3 fully saturated rings. The summed E-state index contributed by atoms with van der Waals surface area (Å²) in [6.07, 6.45) is 14.9. The lowest BCUT2D eigenvalue weighted by Crippen LogP contribution is -2.58. The lowest BCUT2D eigenvalue weighted by atomic mass is 9.80. The number of benzene rings is 1. The van der Waals surface area contributed by atoms with E-state index in [2.05, 4.69) is 35.9 Å². The molecule has 36 nitrogen and oxygen atoms in total. The number of oxazole rings is 1. The first-order valence-electron chi connectivity index (χ1n) is 42.9. The molecule has 11 N–H and O–H groups in total. The number of carbonyl (C=O) groups excluding carboxylic acids is 7. The molecular formula is C86H128N14O22. The van der Waals surface area contributed by atoms with Crippen LogP contribution in [0.1, 0.15) is 156 Å². The highest BCUT2D eigenvalue weighted by Gasteiger charge is 2.50. The molecule has 2 bridgehead atoms. The third-order valence-corrected chi connectivity index (χ3v) is 22.6. The van der Waals surface area contributed by atoms with Crippen molar-refractivity contribution in [3.8, 4) is 11.3 Å². The smallest absolute Gasteiger partial charge is 0.407 e. The Hall–Kier alpha value is -8.89. The summed E-state index contributed by atoms with van der Waals surface area (Å²) in [5.41, 5.74) is 24.0. The van der Waals surface area contributed by atoms with Crippen molar-refractivity contribution < 1.29 is 105 Å². The molecule has 14 atom stereocenters. The molecule has 674 valence electrons. The van der Waals surface area contributed by atoms with Gasteiger partial charge in [-0.25, -0.2) is 28.9 Å². The van der Waals surface area contributed by atoms with Crippen LogP contribution in [0.25, 0.3) is 33.4 Å². The van der Waals surface area contributed by atoms with Gasteiger partial charge in [0.25, 0.3) is 17.7 Å². The number of esters is 1. The number of anilines is 2. The number of rotatable bonds is 38. The Labute approximate surface area is 712 Å². The van der Waals surface area contributed by atoms with Gasteiger partial charge in [0.15, 0.2) is 17.0 Å². The van der Waals surface area contributed by atoms with Crippen molar-refractivity contribution >= 4 is 75.2 Å². The molecule has 3 amide bonds. The Morgan fingerprint density at radius 3 is 2.20 bits per heavy atom. The molecule has 9 rings (SSSR count). The number of nitrogens with one attached hydrogen (secondary N) is 2. The SMILES string of the molecule is COC(=O)NC1C[C@@H]2CCC[C@@](O)(O2)C(=O)C(=O)N2CCCCC2C(=O)OC([C@H](N)CC2CCC(OCCCCc3cn(CCOCCOCCOCCOCCOCCOCCC(=O)NCCCCn4nc(-c5ccc6oc(N)nc6c5)c5c(N)ncnc54)nn3)[C@H](OC)C2)CC(=O)C(C)/C=C(\C)C(O)[C@@H](O)C(=O)C(C)CC(C)/C=C/C=CC=C1C. The molecule has 1 aromatic carbocycles. The first kappa shape index (κ1) is 96.9. The summed E-state index contributed by atoms with van der Waals surface area (Å²) in [6, 6.07) is 2.69. The van der Waals surface area contributed by atoms with Gasteiger partial charge in [-0.15, -0.1) is 5.10 Å². The minimum absolute atomic E-state index is 0.0110. The molecule has 0 spiro atoms. The van der Waals surface area contributed by atoms with Crippen LogP contribution in [-0.2, 0) is 100 Å². The number of allylic oxidation sites excluding steroid dienone is 6. The second-order valence-corrected chi connectivity index (χ2v) is 32.0. The van der Waals surface area contributed by atoms with Crippen molar-refractivity contribution in [2.75, 3.05) is 125 Å². The van der Waals surface area contributed by atoms with Crippen molar-refractivity contribution in [2.45, 2.75) is 230 Å². The third kappa shape index (κ3) is 29.9. The maximum absolute atomic E-state index is 14.7. The largest absolute Gasteiger partial charge is 0.459 e. The monoisotopic (exact) mass is 1710 g/mol. The Morgan fingerprint density at radius 2 is 1.48 bits per heavy atom. The summed E-state index contributed by atoms with van der Waals surface area (Å²) in [4.78, 5) is 110. The fraction of sp³-hybridized carbons (Fsp3) is 0.663. The van der Waals surface area contributed by atoms with Gasteiger partial charge in [-0.1, -0.05) is 68.0 Å². The van der Waals surface area contributed by atoms with E-state index in [9.17, 15) is 48.9 Å². The van der Waals surface area contributed by atoms with Crippen molar-refractivity contribution in [3.63, 3.8) is 0 Å². The third-order valence-electron chi connectivity index (χ3n) is 22.6. The molecule has 7 heterocycles. The molecule has 1 aliphatic carbocycles. The number of methoxy groups -OCH3 is 2. The maximum Gasteiger partial charge on any atom is 0.407 e. The predicted molar refractivity (Wildman–Crippen MR) is 449 cm³/mol. The van der Waals surface area contributed by atoms with Crippen LogP contribution in [0.2, 0.25) is 0 Å². The van der Waals surface area contributed by atoms with Gasteiger partial charge >= 0.3 is 12.1 Å². The minimum Gasteiger partial charge on any atom is -0.459 e. The predicted octanol–water partition coefficient (Wildman–Crippen LogP) is 6.52. The zero-order valence-corrected chi connectivity index (χ0v) is 71.7. The highest BCUT2D eigenvalue weighted by molar-refractivity contribution is 6.39. The summed E-state index contributed by atoms with van der Waals surface area (Å²) in [5.74, 6) is -8.29. The summed E-state index contributed by atoms with van der Waals surface area (Å²) in [6.45, 7) is 15.3. The van der Waals surface area contributed by atoms with Gasteiger partial charge in [-0.05, 0) is 152 Å². The Bertz CT molecular complexity index is 4280. The lowest BCUT2D eigenvalue weighted by Gasteiger charge is -2.40. The van der Waals surface area contributed by atoms with Crippen LogP contribution in [-0.4, -0.2) is 275 Å². The van der Waals surface area contributed by atoms with Crippen LogP contribution in [0.3, 0.4) is 0 Å². The second kappa shape index (κ2) is 50.2. The van der Waals surface area contributed by atoms with Gasteiger partial charge in [0.2, 0.25) is 11.7 Å². The molecule has 122 heavy (non-hydrogen) atoms. The number of nitrogens with two attached hydrogens (primary N) is 3. The molecule has 3 aliphatic heterocycles. The molecule has 4 aromatic heterocycles. The number of aliphatic hydroxyl groups is 3. The highest BCUT2D eigenvalue weighted by atomic mass is 16.6. The number of hydrogen-bond acceptors (Lipinski definition) is 31. The topological polar surface area (TPSA) is 487 Å². The Morgan fingerprint density at radius 1 is 0.762 bits per heavy atom. The Balaban J connectivity index is 0.620. The number of fused-ring (bicyclic) bond motifs is 5. The van der Waals surface area contributed by atoms with E-state index in [0.717, 1.165) is 41.8 Å². The van der Waals surface area contributed by atoms with E-state index in [1.165, 1.54) is 26.4 Å². The van der Waals surface area contributed by atoms with E-state index in [1.807, 2.05) is 31.3 Å². The van der Waals surface area contributed by atoms with Crippen LogP contribution in [0, 0.1) is 23.7 Å². The van der Waals surface area contributed by atoms with Crippen LogP contribution in [0.5, 0.6) is 0 Å². The van der Waals surface area contributed by atoms with E-state index in [0.29, 0.717) is 202 Å². The quantitative estimate of drug-likeness (QED) is 0.00902. The minimum atomic E-state index is -2.55. The number of ketones is 3. The summed E-state index contributed by atoms with van der Waals surface area (Å²) >= 11 is 0. The number of carbonyl (C=O) groups is 7. The van der Waals surface area contributed by atoms with Gasteiger partial charge in [-0.3, -0.25) is 24.0 Å². The van der Waals surface area contributed by atoms with E-state index in [4.69, 9.17) is 78.8 Å². The number of aryl methyl sites for hydroxylation is 2. The average molecular weight is 1710 g/mol. The molecule has 4 aliphatic rings. The lowest BCUT2D eigenvalue weighted by molar-refractivity contribution is -0.243. The first-order chi connectivity index (χ1) is 58.8. The summed E-state index contributed by atoms with van der Waals surface area (Å²) in [5, 5.41) is 54.3. The number of aliphatic hydroxyl groups excluding tert-OH is 2. The molecule has 36 heteroatoms. The number of Topliss-reactive ketones (excluding diaryl/α,β-unsaturated/α-hetero) is 3. The van der Waals surface area contributed by atoms with Gasteiger partial charge in [0.05, 0.1) is 128 Å². The zero-order valence-electron chi connectivity index (χ0n) is 71.7. The van der Waals surface area contributed by atoms with E-state index in [-0.39, 0.29) is 86.8 Å².